The van der Waals surface area contributed by atoms with Gasteiger partial charge in [0.25, 0.3) is 0 Å². The van der Waals surface area contributed by atoms with Crippen LogP contribution < -0.4 is 0 Å². The lowest BCUT2D eigenvalue weighted by molar-refractivity contribution is -0.133. The number of hydrogen-bond acceptors (Lipinski definition) is 2. The van der Waals surface area contributed by atoms with Gasteiger partial charge in [-0.05, 0) is 18.9 Å². The predicted octanol–water partition coefficient (Wildman–Crippen LogP) is 3.13. The number of rotatable bonds is 5. The Balaban J connectivity index is 1.70. The van der Waals surface area contributed by atoms with Crippen LogP contribution in [0.25, 0.3) is 0 Å². The summed E-state index contributed by atoms with van der Waals surface area (Å²) in [5.74, 6) is 0.344. The molecule has 1 fully saturated rings. The molecule has 1 atom stereocenters. The maximum absolute atomic E-state index is 11.3. The zero-order valence-corrected chi connectivity index (χ0v) is 10.2. The summed E-state index contributed by atoms with van der Waals surface area (Å²) < 4.78 is 5.52. The number of allylic oxidation sites excluding steroid dienone is 1. The molecular formula is C15H18O2. The molecule has 0 spiro atoms. The van der Waals surface area contributed by atoms with Crippen molar-refractivity contribution in [1.82, 2.24) is 0 Å². The second-order valence-corrected chi connectivity index (χ2v) is 4.74. The van der Waals surface area contributed by atoms with E-state index in [1.807, 2.05) is 49.4 Å². The van der Waals surface area contributed by atoms with Gasteiger partial charge in [0.05, 0.1) is 13.2 Å². The normalized spacial score (nSPS) is 23.9. The third-order valence-electron chi connectivity index (χ3n) is 3.32. The molecule has 0 amide bonds. The van der Waals surface area contributed by atoms with Crippen molar-refractivity contribution < 1.29 is 9.53 Å². The second kappa shape index (κ2) is 5.28. The number of ketones is 1. The third-order valence-corrected chi connectivity index (χ3v) is 3.32. The second-order valence-electron chi connectivity index (χ2n) is 4.74. The van der Waals surface area contributed by atoms with Crippen LogP contribution in [0.1, 0.15) is 25.3 Å². The number of carbonyl (C=O) groups is 1. The van der Waals surface area contributed by atoms with Crippen molar-refractivity contribution in [2.45, 2.75) is 26.4 Å². The molecule has 90 valence electrons. The monoisotopic (exact) mass is 230 g/mol. The summed E-state index contributed by atoms with van der Waals surface area (Å²) in [4.78, 5) is 11.3. The third kappa shape index (κ3) is 3.04. The van der Waals surface area contributed by atoms with Gasteiger partial charge in [0.15, 0.2) is 0 Å². The van der Waals surface area contributed by atoms with E-state index in [1.165, 1.54) is 5.56 Å². The minimum atomic E-state index is -0.212. The average Bonchev–Trinajstić information content (AvgIpc) is 2.37. The number of hydrogen-bond donors (Lipinski definition) is 0. The smallest absolute Gasteiger partial charge is 0.142 e. The fraction of sp³-hybridized carbons (Fsp3) is 0.400. The summed E-state index contributed by atoms with van der Waals surface area (Å²) in [5, 5.41) is 0. The lowest BCUT2D eigenvalue weighted by Gasteiger charge is -2.33. The lowest BCUT2D eigenvalue weighted by Crippen LogP contribution is -2.35. The highest BCUT2D eigenvalue weighted by Gasteiger charge is 2.38. The molecule has 17 heavy (non-hydrogen) atoms. The largest absolute Gasteiger partial charge is 0.373 e. The Labute approximate surface area is 102 Å². The van der Waals surface area contributed by atoms with Crippen LogP contribution in [0.2, 0.25) is 0 Å². The van der Waals surface area contributed by atoms with Gasteiger partial charge >= 0.3 is 0 Å². The quantitative estimate of drug-likeness (QED) is 0.574. The van der Waals surface area contributed by atoms with Crippen LogP contribution in [0.3, 0.4) is 0 Å². The van der Waals surface area contributed by atoms with E-state index < -0.39 is 0 Å². The molecule has 2 nitrogen and oxygen atoms in total. The molecular weight excluding hydrogens is 212 g/mol. The predicted molar refractivity (Wildman–Crippen MR) is 67.6 cm³/mol. The highest BCUT2D eigenvalue weighted by molar-refractivity contribution is 5.91. The Hall–Kier alpha value is -1.41. The van der Waals surface area contributed by atoms with Crippen LogP contribution in [0.15, 0.2) is 42.5 Å². The summed E-state index contributed by atoms with van der Waals surface area (Å²) in [6.45, 7) is 3.18. The van der Waals surface area contributed by atoms with E-state index in [2.05, 4.69) is 0 Å². The molecule has 0 aromatic heterocycles. The number of carbonyl (C=O) groups excluding carboxylic acids is 1. The number of ether oxygens (including phenoxy) is 1. The first-order chi connectivity index (χ1) is 8.21. The fourth-order valence-corrected chi connectivity index (χ4v) is 1.92. The van der Waals surface area contributed by atoms with E-state index in [9.17, 15) is 4.79 Å². The minimum Gasteiger partial charge on any atom is -0.373 e. The van der Waals surface area contributed by atoms with Crippen LogP contribution in [0.5, 0.6) is 0 Å². The van der Waals surface area contributed by atoms with Crippen LogP contribution >= 0.6 is 0 Å². The molecule has 1 aliphatic rings. The van der Waals surface area contributed by atoms with Gasteiger partial charge in [0, 0.05) is 11.8 Å². The average molecular weight is 230 g/mol. The van der Waals surface area contributed by atoms with E-state index in [0.29, 0.717) is 19.0 Å². The molecule has 1 aliphatic carbocycles. The maximum atomic E-state index is 11.3. The van der Waals surface area contributed by atoms with Crippen molar-refractivity contribution in [3.63, 3.8) is 0 Å². The van der Waals surface area contributed by atoms with E-state index in [4.69, 9.17) is 4.74 Å². The Morgan fingerprint density at radius 1 is 1.35 bits per heavy atom. The maximum Gasteiger partial charge on any atom is 0.142 e. The molecule has 0 radical (unpaired) electrons. The van der Waals surface area contributed by atoms with Gasteiger partial charge in [0.2, 0.25) is 0 Å². The van der Waals surface area contributed by atoms with Crippen molar-refractivity contribution in [2.75, 3.05) is 6.61 Å². The van der Waals surface area contributed by atoms with Gasteiger partial charge in [-0.1, -0.05) is 42.5 Å². The van der Waals surface area contributed by atoms with Gasteiger partial charge in [-0.15, -0.1) is 0 Å². The van der Waals surface area contributed by atoms with E-state index in [0.717, 1.165) is 12.8 Å². The summed E-state index contributed by atoms with van der Waals surface area (Å²) in [6.07, 6.45) is 5.65. The highest BCUT2D eigenvalue weighted by Crippen LogP contribution is 2.37. The minimum absolute atomic E-state index is 0.212. The SMILES string of the molecule is CC1(/C=C/COCc2ccccc2)CCC1=O. The van der Waals surface area contributed by atoms with E-state index >= 15 is 0 Å². The van der Waals surface area contributed by atoms with Gasteiger partial charge in [0.1, 0.15) is 5.78 Å². The van der Waals surface area contributed by atoms with Crippen molar-refractivity contribution in [1.29, 1.82) is 0 Å². The summed E-state index contributed by atoms with van der Waals surface area (Å²) in [5.41, 5.74) is 0.961. The fourth-order valence-electron chi connectivity index (χ4n) is 1.92. The topological polar surface area (TPSA) is 26.3 Å². The Morgan fingerprint density at radius 2 is 2.12 bits per heavy atom. The molecule has 1 saturated carbocycles. The van der Waals surface area contributed by atoms with Gasteiger partial charge in [-0.3, -0.25) is 4.79 Å². The summed E-state index contributed by atoms with van der Waals surface area (Å²) in [7, 11) is 0. The molecule has 0 bridgehead atoms. The van der Waals surface area contributed by atoms with Crippen LogP contribution in [-0.2, 0) is 16.1 Å². The van der Waals surface area contributed by atoms with Crippen molar-refractivity contribution in [2.24, 2.45) is 5.41 Å². The highest BCUT2D eigenvalue weighted by atomic mass is 16.5. The molecule has 2 rings (SSSR count). The molecule has 0 aliphatic heterocycles. The molecule has 2 heteroatoms. The zero-order valence-electron chi connectivity index (χ0n) is 10.2. The summed E-state index contributed by atoms with van der Waals surface area (Å²) >= 11 is 0. The Morgan fingerprint density at radius 3 is 2.71 bits per heavy atom. The van der Waals surface area contributed by atoms with E-state index in [1.54, 1.807) is 0 Å². The first-order valence-corrected chi connectivity index (χ1v) is 6.03. The number of Topliss-reactive ketones (excluding diaryl/α,β-unsaturated/α-hetero) is 1. The summed E-state index contributed by atoms with van der Waals surface area (Å²) in [6, 6.07) is 10.1. The van der Waals surface area contributed by atoms with Gasteiger partial charge in [-0.2, -0.15) is 0 Å². The van der Waals surface area contributed by atoms with E-state index in [-0.39, 0.29) is 5.41 Å². The first kappa shape index (κ1) is 12.1. The Kier molecular flexibility index (Phi) is 3.75. The standard InChI is InChI=1S/C15H18O2/c1-15(10-8-14(15)16)9-5-11-17-12-13-6-3-2-4-7-13/h2-7,9H,8,10-12H2,1H3/b9-5+. The molecule has 0 heterocycles. The Bertz CT molecular complexity index is 408. The molecule has 1 unspecified atom stereocenters. The zero-order chi connectivity index (χ0) is 12.1. The van der Waals surface area contributed by atoms with Crippen molar-refractivity contribution in [3.05, 3.63) is 48.0 Å². The van der Waals surface area contributed by atoms with Crippen molar-refractivity contribution >= 4 is 5.78 Å². The lowest BCUT2D eigenvalue weighted by atomic mass is 9.69. The van der Waals surface area contributed by atoms with Crippen LogP contribution in [0, 0.1) is 5.41 Å². The molecule has 1 aromatic carbocycles. The number of benzene rings is 1. The first-order valence-electron chi connectivity index (χ1n) is 6.03. The van der Waals surface area contributed by atoms with Crippen molar-refractivity contribution in [3.8, 4) is 0 Å². The van der Waals surface area contributed by atoms with Crippen LogP contribution in [-0.4, -0.2) is 12.4 Å². The van der Waals surface area contributed by atoms with Gasteiger partial charge in [-0.25, -0.2) is 0 Å². The molecule has 0 saturated heterocycles. The van der Waals surface area contributed by atoms with Crippen LogP contribution in [0.4, 0.5) is 0 Å². The van der Waals surface area contributed by atoms with Gasteiger partial charge < -0.3 is 4.74 Å². The molecule has 1 aromatic rings. The molecule has 0 N–H and O–H groups in total.